The highest BCUT2D eigenvalue weighted by molar-refractivity contribution is 7.99. The quantitative estimate of drug-likeness (QED) is 0.311. The molecule has 1 unspecified atom stereocenters. The first kappa shape index (κ1) is 27.0. The number of halogens is 2. The summed E-state index contributed by atoms with van der Waals surface area (Å²) in [6.45, 7) is 8.41. The predicted octanol–water partition coefficient (Wildman–Crippen LogP) is 6.11. The molecule has 8 nitrogen and oxygen atoms in total. The number of aryl methyl sites for hydroxylation is 2. The number of rotatable bonds is 10. The average molecular weight is 539 g/mol. The van der Waals surface area contributed by atoms with E-state index in [4.69, 9.17) is 37.4 Å². The molecule has 1 heterocycles. The molecule has 0 fully saturated rings. The number of carbonyl (C=O) groups is 1. The zero-order valence-corrected chi connectivity index (χ0v) is 22.8. The first-order chi connectivity index (χ1) is 16.7. The molecule has 1 aromatic heterocycles. The van der Waals surface area contributed by atoms with Gasteiger partial charge in [-0.2, -0.15) is 0 Å². The van der Waals surface area contributed by atoms with Gasteiger partial charge in [0.1, 0.15) is 17.2 Å². The van der Waals surface area contributed by atoms with E-state index in [1.54, 1.807) is 12.1 Å². The molecule has 1 amide bonds. The fraction of sp³-hybridized carbons (Fsp3) is 0.375. The molecule has 0 aliphatic heterocycles. The highest BCUT2D eigenvalue weighted by Gasteiger charge is 2.20. The molecule has 0 aliphatic carbocycles. The van der Waals surface area contributed by atoms with Crippen LogP contribution in [0, 0.1) is 13.8 Å². The van der Waals surface area contributed by atoms with Crippen LogP contribution in [0.3, 0.4) is 0 Å². The van der Waals surface area contributed by atoms with Gasteiger partial charge in [0.2, 0.25) is 5.91 Å². The minimum atomic E-state index is -0.351. The maximum Gasteiger partial charge on any atom is 0.234 e. The number of nitrogens with zero attached hydrogens (tertiary/aromatic N) is 3. The summed E-state index contributed by atoms with van der Waals surface area (Å²) in [4.78, 5) is 12.7. The molecule has 1 N–H and O–H groups in total. The first-order valence-electron chi connectivity index (χ1n) is 10.9. The summed E-state index contributed by atoms with van der Waals surface area (Å²) >= 11 is 13.7. The van der Waals surface area contributed by atoms with Crippen LogP contribution in [-0.4, -0.2) is 40.6 Å². The van der Waals surface area contributed by atoms with E-state index in [9.17, 15) is 4.79 Å². The maximum atomic E-state index is 12.7. The number of methoxy groups -OCH3 is 2. The molecular formula is C24H28Cl2N4O4S. The SMILES string of the molecule is CCn1c(SCC(=O)Nc2cc(OC)c(Cl)cc2OC)nnc1C(C)Oc1cc(C)c(Cl)c(C)c1. The Hall–Kier alpha value is -2.62. The number of ether oxygens (including phenoxy) is 3. The molecule has 188 valence electrons. The van der Waals surface area contributed by atoms with Gasteiger partial charge in [0.25, 0.3) is 0 Å². The lowest BCUT2D eigenvalue weighted by atomic mass is 10.1. The van der Waals surface area contributed by atoms with Gasteiger partial charge in [0, 0.05) is 23.7 Å². The lowest BCUT2D eigenvalue weighted by Gasteiger charge is -2.17. The van der Waals surface area contributed by atoms with Gasteiger partial charge in [-0.1, -0.05) is 35.0 Å². The number of nitrogens with one attached hydrogen (secondary N) is 1. The van der Waals surface area contributed by atoms with Crippen LogP contribution in [0.5, 0.6) is 17.2 Å². The molecule has 1 atom stereocenters. The molecule has 3 aromatic rings. The summed E-state index contributed by atoms with van der Waals surface area (Å²) in [5.41, 5.74) is 2.36. The van der Waals surface area contributed by atoms with Crippen molar-refractivity contribution in [3.8, 4) is 17.2 Å². The van der Waals surface area contributed by atoms with Crippen LogP contribution in [0.4, 0.5) is 5.69 Å². The number of carbonyl (C=O) groups excluding carboxylic acids is 1. The highest BCUT2D eigenvalue weighted by Crippen LogP contribution is 2.36. The van der Waals surface area contributed by atoms with E-state index in [1.165, 1.54) is 26.0 Å². The van der Waals surface area contributed by atoms with E-state index in [2.05, 4.69) is 15.5 Å². The molecule has 35 heavy (non-hydrogen) atoms. The fourth-order valence-corrected chi connectivity index (χ4v) is 4.66. The predicted molar refractivity (Wildman–Crippen MR) is 140 cm³/mol. The highest BCUT2D eigenvalue weighted by atomic mass is 35.5. The molecule has 0 saturated carbocycles. The largest absolute Gasteiger partial charge is 0.495 e. The topological polar surface area (TPSA) is 87.5 Å². The minimum Gasteiger partial charge on any atom is -0.495 e. The van der Waals surface area contributed by atoms with Crippen LogP contribution in [0.15, 0.2) is 29.4 Å². The van der Waals surface area contributed by atoms with Gasteiger partial charge in [0.15, 0.2) is 17.1 Å². The van der Waals surface area contributed by atoms with Crippen molar-refractivity contribution in [2.45, 2.75) is 45.5 Å². The maximum absolute atomic E-state index is 12.7. The van der Waals surface area contributed by atoms with Crippen LogP contribution in [0.2, 0.25) is 10.0 Å². The number of amides is 1. The molecule has 2 aromatic carbocycles. The Kier molecular flexibility index (Phi) is 9.15. The van der Waals surface area contributed by atoms with Gasteiger partial charge in [0.05, 0.1) is 30.7 Å². The summed E-state index contributed by atoms with van der Waals surface area (Å²) in [6.07, 6.45) is -0.351. The number of benzene rings is 2. The third-order valence-corrected chi connectivity index (χ3v) is 7.09. The third-order valence-electron chi connectivity index (χ3n) is 5.23. The lowest BCUT2D eigenvalue weighted by Crippen LogP contribution is -2.16. The zero-order valence-electron chi connectivity index (χ0n) is 20.4. The van der Waals surface area contributed by atoms with E-state index < -0.39 is 0 Å². The lowest BCUT2D eigenvalue weighted by molar-refractivity contribution is -0.113. The van der Waals surface area contributed by atoms with Crippen molar-refractivity contribution >= 4 is 46.6 Å². The van der Waals surface area contributed by atoms with Crippen LogP contribution in [0.1, 0.15) is 36.9 Å². The number of hydrogen-bond donors (Lipinski definition) is 1. The Morgan fingerprint density at radius 1 is 1.09 bits per heavy atom. The summed E-state index contributed by atoms with van der Waals surface area (Å²) in [6, 6.07) is 7.01. The van der Waals surface area contributed by atoms with Crippen LogP contribution < -0.4 is 19.5 Å². The second-order valence-electron chi connectivity index (χ2n) is 7.74. The van der Waals surface area contributed by atoms with Gasteiger partial charge in [-0.15, -0.1) is 10.2 Å². The normalized spacial score (nSPS) is 11.8. The van der Waals surface area contributed by atoms with Crippen molar-refractivity contribution in [1.82, 2.24) is 14.8 Å². The molecule has 0 bridgehead atoms. The fourth-order valence-electron chi connectivity index (χ4n) is 3.51. The molecule has 0 spiro atoms. The second-order valence-corrected chi connectivity index (χ2v) is 9.47. The molecule has 11 heteroatoms. The van der Waals surface area contributed by atoms with Gasteiger partial charge >= 0.3 is 0 Å². The van der Waals surface area contributed by atoms with Crippen LogP contribution in [0.25, 0.3) is 0 Å². The summed E-state index contributed by atoms with van der Waals surface area (Å²) < 4.78 is 18.6. The summed E-state index contributed by atoms with van der Waals surface area (Å²) in [7, 11) is 3.01. The van der Waals surface area contributed by atoms with E-state index in [0.717, 1.165) is 16.1 Å². The third kappa shape index (κ3) is 6.34. The smallest absolute Gasteiger partial charge is 0.234 e. The van der Waals surface area contributed by atoms with Crippen molar-refractivity contribution in [1.29, 1.82) is 0 Å². The van der Waals surface area contributed by atoms with Gasteiger partial charge in [-0.25, -0.2) is 0 Å². The molecule has 0 radical (unpaired) electrons. The van der Waals surface area contributed by atoms with Gasteiger partial charge in [-0.3, -0.25) is 4.79 Å². The Bertz CT molecular complexity index is 1200. The van der Waals surface area contributed by atoms with Crippen molar-refractivity contribution in [3.63, 3.8) is 0 Å². The second kappa shape index (κ2) is 11.9. The average Bonchev–Trinajstić information content (AvgIpc) is 3.25. The molecule has 0 saturated heterocycles. The van der Waals surface area contributed by atoms with Crippen molar-refractivity contribution in [3.05, 3.63) is 51.3 Å². The van der Waals surface area contributed by atoms with Crippen molar-refractivity contribution in [2.75, 3.05) is 25.3 Å². The van der Waals surface area contributed by atoms with Crippen LogP contribution in [-0.2, 0) is 11.3 Å². The summed E-state index contributed by atoms with van der Waals surface area (Å²) in [5.74, 6) is 2.14. The number of thioether (sulfide) groups is 1. The Morgan fingerprint density at radius 2 is 1.74 bits per heavy atom. The van der Waals surface area contributed by atoms with E-state index in [0.29, 0.717) is 45.5 Å². The molecule has 3 rings (SSSR count). The van der Waals surface area contributed by atoms with Crippen molar-refractivity contribution < 1.29 is 19.0 Å². The molecule has 0 aliphatic rings. The minimum absolute atomic E-state index is 0.122. The number of anilines is 1. The number of aromatic nitrogens is 3. The van der Waals surface area contributed by atoms with Crippen LogP contribution >= 0.6 is 35.0 Å². The van der Waals surface area contributed by atoms with Crippen molar-refractivity contribution in [2.24, 2.45) is 0 Å². The van der Waals surface area contributed by atoms with E-state index in [1.807, 2.05) is 44.4 Å². The Morgan fingerprint density at radius 3 is 2.34 bits per heavy atom. The standard InChI is InChI=1S/C24H28Cl2N4O4S/c1-7-30-23(15(4)34-16-8-13(2)22(26)14(3)9-16)28-29-24(30)35-12-21(31)27-18-11-19(32-5)17(25)10-20(18)33-6/h8-11,15H,7,12H2,1-6H3,(H,27,31). The Balaban J connectivity index is 1.69. The first-order valence-corrected chi connectivity index (χ1v) is 12.6. The molecular weight excluding hydrogens is 511 g/mol. The van der Waals surface area contributed by atoms with Gasteiger partial charge < -0.3 is 24.1 Å². The van der Waals surface area contributed by atoms with E-state index in [-0.39, 0.29) is 17.8 Å². The monoisotopic (exact) mass is 538 g/mol. The zero-order chi connectivity index (χ0) is 25.7. The summed E-state index contributed by atoms with van der Waals surface area (Å²) in [5, 5.41) is 13.2. The Labute approximate surface area is 219 Å². The number of hydrogen-bond acceptors (Lipinski definition) is 7. The van der Waals surface area contributed by atoms with Gasteiger partial charge in [-0.05, 0) is 51.0 Å². The van der Waals surface area contributed by atoms with E-state index >= 15 is 0 Å².